The molecule has 0 spiro atoms. The van der Waals surface area contributed by atoms with Crippen LogP contribution in [0, 0.1) is 0 Å². The maximum absolute atomic E-state index is 13.2. The van der Waals surface area contributed by atoms with E-state index in [1.165, 1.54) is 32.0 Å². The Balaban J connectivity index is 0.000000481. The van der Waals surface area contributed by atoms with Gasteiger partial charge in [0.15, 0.2) is 0 Å². The summed E-state index contributed by atoms with van der Waals surface area (Å²) in [6, 6.07) is 23.8. The van der Waals surface area contributed by atoms with Gasteiger partial charge in [-0.05, 0) is 60.7 Å². The first-order chi connectivity index (χ1) is 29.7. The van der Waals surface area contributed by atoms with Gasteiger partial charge in [0.1, 0.15) is 11.6 Å². The van der Waals surface area contributed by atoms with E-state index in [0.29, 0.717) is 23.0 Å². The predicted molar refractivity (Wildman–Crippen MR) is 294 cm³/mol. The van der Waals surface area contributed by atoms with Crippen molar-refractivity contribution < 1.29 is 19.1 Å². The van der Waals surface area contributed by atoms with Crippen LogP contribution in [0.3, 0.4) is 0 Å². The van der Waals surface area contributed by atoms with Crippen molar-refractivity contribution in [3.05, 3.63) is 114 Å². The number of carbonyl (C=O) groups is 2. The van der Waals surface area contributed by atoms with Gasteiger partial charge in [-0.2, -0.15) is 0 Å². The molecular formula is C38H39N5O4S15. The van der Waals surface area contributed by atoms with E-state index in [1.54, 1.807) is 145 Å². The first kappa shape index (κ1) is 52.5. The molecule has 0 aliphatic carbocycles. The van der Waals surface area contributed by atoms with Crippen LogP contribution >= 0.6 is 0 Å². The molecule has 0 N–H and O–H groups in total. The highest BCUT2D eigenvalue weighted by molar-refractivity contribution is 8.76. The molecule has 62 heavy (non-hydrogen) atoms. The summed E-state index contributed by atoms with van der Waals surface area (Å²) in [5.41, 5.74) is 5.12. The zero-order chi connectivity index (χ0) is 45.1. The minimum absolute atomic E-state index is 0.105. The number of benzene rings is 1. The van der Waals surface area contributed by atoms with Gasteiger partial charge < -0.3 is 9.47 Å². The fourth-order valence-electron chi connectivity index (χ4n) is 5.20. The number of hydrogen-bond donors (Lipinski definition) is 0. The minimum atomic E-state index is -0.632. The molecule has 0 aliphatic heterocycles. The zero-order valence-electron chi connectivity index (χ0n) is 34.2. The summed E-state index contributed by atoms with van der Waals surface area (Å²) >= 11 is 9.45. The Labute approximate surface area is 409 Å². The molecule has 0 bridgehead atoms. The van der Waals surface area contributed by atoms with Gasteiger partial charge in [-0.3, -0.25) is 14.9 Å². The molecule has 0 saturated carbocycles. The lowest BCUT2D eigenvalue weighted by Gasteiger charge is -2.27. The van der Waals surface area contributed by atoms with E-state index in [0.717, 1.165) is 22.5 Å². The lowest BCUT2D eigenvalue weighted by atomic mass is 9.91. The molecule has 5 rings (SSSR count). The van der Waals surface area contributed by atoms with Crippen molar-refractivity contribution >= 4 is 167 Å². The van der Waals surface area contributed by atoms with Crippen LogP contribution in [0.15, 0.2) is 91.3 Å². The first-order valence-corrected chi connectivity index (χ1v) is 36.3. The molecule has 330 valence electrons. The highest BCUT2D eigenvalue weighted by Gasteiger charge is 2.29. The molecule has 0 amide bonds. The van der Waals surface area contributed by atoms with Crippen LogP contribution < -0.4 is 4.90 Å². The van der Waals surface area contributed by atoms with Crippen molar-refractivity contribution in [2.45, 2.75) is 52.4 Å². The summed E-state index contributed by atoms with van der Waals surface area (Å²) < 4.78 is 10.3. The largest absolute Gasteiger partial charge is 0.465 e. The quantitative estimate of drug-likeness (QED) is 0.147. The van der Waals surface area contributed by atoms with Crippen LogP contribution in [0.25, 0.3) is 22.5 Å². The van der Waals surface area contributed by atoms with Gasteiger partial charge in [-0.25, -0.2) is 19.6 Å². The average molecular weight is 1110 g/mol. The molecule has 24 heteroatoms. The highest BCUT2D eigenvalue weighted by atomic mass is 33.5. The maximum atomic E-state index is 13.2. The Morgan fingerprint density at radius 2 is 0.871 bits per heavy atom. The Morgan fingerprint density at radius 3 is 1.18 bits per heavy atom. The monoisotopic (exact) mass is 1110 g/mol. The fourth-order valence-corrected chi connectivity index (χ4v) is 35.4. The molecule has 9 nitrogen and oxygen atoms in total. The van der Waals surface area contributed by atoms with Gasteiger partial charge in [-0.15, -0.1) is 0 Å². The van der Waals surface area contributed by atoms with Crippen molar-refractivity contribution in [3.63, 3.8) is 0 Å². The molecule has 0 unspecified atom stereocenters. The number of esters is 2. The predicted octanol–water partition coefficient (Wildman–Crippen LogP) is 8.20. The molecule has 1 aromatic carbocycles. The summed E-state index contributed by atoms with van der Waals surface area (Å²) in [6.45, 7) is 12.7. The van der Waals surface area contributed by atoms with Gasteiger partial charge in [0, 0.05) is 184 Å². The third kappa shape index (κ3) is 16.1. The van der Waals surface area contributed by atoms with Crippen LogP contribution in [0.2, 0.25) is 0 Å². The molecule has 0 atom stereocenters. The van der Waals surface area contributed by atoms with Gasteiger partial charge >= 0.3 is 11.9 Å². The van der Waals surface area contributed by atoms with E-state index in [2.05, 4.69) is 51.5 Å². The number of hydrogen-bond acceptors (Lipinski definition) is 11. The van der Waals surface area contributed by atoms with E-state index >= 15 is 0 Å². The van der Waals surface area contributed by atoms with Crippen LogP contribution in [0.4, 0.5) is 17.3 Å². The smallest absolute Gasteiger partial charge is 0.340 e. The minimum Gasteiger partial charge on any atom is -0.465 e. The third-order valence-electron chi connectivity index (χ3n) is 7.99. The van der Waals surface area contributed by atoms with Gasteiger partial charge in [0.25, 0.3) is 0 Å². The second-order valence-electron chi connectivity index (χ2n) is 14.0. The summed E-state index contributed by atoms with van der Waals surface area (Å²) in [6.07, 6.45) is 3.60. The number of para-hydroxylation sites is 1. The van der Waals surface area contributed by atoms with Gasteiger partial charge in [-0.1, -0.05) is 59.7 Å². The van der Waals surface area contributed by atoms with Gasteiger partial charge in [0.2, 0.25) is 0 Å². The maximum Gasteiger partial charge on any atom is 0.340 e. The normalized spacial score (nSPS) is 10.5. The number of methoxy groups -OCH3 is 2. The number of nitrogens with zero attached hydrogens (tertiary/aromatic N) is 5. The zero-order valence-corrected chi connectivity index (χ0v) is 46.4. The Bertz CT molecular complexity index is 2830. The van der Waals surface area contributed by atoms with Crippen molar-refractivity contribution in [1.82, 2.24) is 19.9 Å². The highest BCUT2D eigenvalue weighted by Crippen LogP contribution is 2.39. The van der Waals surface area contributed by atoms with Crippen LogP contribution in [-0.2, 0) is 158 Å². The second-order valence-corrected chi connectivity index (χ2v) is 37.0. The van der Waals surface area contributed by atoms with Crippen LogP contribution in [0.1, 0.15) is 73.6 Å². The summed E-state index contributed by atoms with van der Waals surface area (Å²) in [4.78, 5) is 47.5. The van der Waals surface area contributed by atoms with Crippen molar-refractivity contribution in [2.75, 3.05) is 19.1 Å². The fraction of sp³-hybridized carbons (Fsp3) is 0.263. The molecule has 0 radical (unpaired) electrons. The summed E-state index contributed by atoms with van der Waals surface area (Å²) in [5.74, 6) is -0.441. The van der Waals surface area contributed by atoms with E-state index in [4.69, 9.17) is 41.8 Å². The summed E-state index contributed by atoms with van der Waals surface area (Å²) in [5, 5.41) is 0. The van der Waals surface area contributed by atoms with Crippen molar-refractivity contribution in [3.8, 4) is 22.5 Å². The Kier molecular flexibility index (Phi) is 22.6. The van der Waals surface area contributed by atoms with E-state index in [-0.39, 0.29) is 27.6 Å². The number of anilines is 3. The van der Waals surface area contributed by atoms with E-state index in [9.17, 15) is 9.59 Å². The lowest BCUT2D eigenvalue weighted by molar-refractivity contribution is 0.0601. The molecule has 4 aromatic heterocycles. The number of carbonyl (C=O) groups excluding carboxylic acids is 2. The number of rotatable bonds is 7. The average Bonchev–Trinajstić information content (AvgIpc) is 3.28. The summed E-state index contributed by atoms with van der Waals surface area (Å²) in [7, 11) is 24.3. The SMILES string of the molecule is COC(=O)c1cccc(C(=O)OC)c1N(c1cccc(-c2ccc(C(C)(C)C)nc2)n1)c1cccc(-c2ccc(C(C)(C)C)nc2)n1.S=S=S=S=S=S=S=S=S=S=S=S=S=S=S. The number of ether oxygens (including phenoxy) is 2. The van der Waals surface area contributed by atoms with Crippen LogP contribution in [-0.4, -0.2) is 46.1 Å². The number of aromatic nitrogens is 4. The Morgan fingerprint density at radius 1 is 0.516 bits per heavy atom. The van der Waals surface area contributed by atoms with E-state index in [1.807, 2.05) is 48.5 Å². The van der Waals surface area contributed by atoms with Crippen molar-refractivity contribution in [2.24, 2.45) is 0 Å². The molecule has 0 aliphatic rings. The topological polar surface area (TPSA) is 107 Å². The standard InChI is InChI=1S/C38H39N5O4.S15/c1-37(2,3)30-20-18-24(22-39-30)28-14-10-16-32(41-28)43(34-26(35(44)46-7)12-9-13-27(34)36(45)47-8)33-17-11-15-29(42-33)25-19-21-31(40-23-25)38(4,5)6;1-3-5-7-9-11-13-15-14-12-10-8-6-4-2/h9-23H,1-8H3;. The first-order valence-electron chi connectivity index (χ1n) is 17.6. The van der Waals surface area contributed by atoms with Gasteiger partial charge in [0.05, 0.1) is 42.4 Å². The molecule has 0 saturated heterocycles. The van der Waals surface area contributed by atoms with Crippen LogP contribution in [0.5, 0.6) is 0 Å². The van der Waals surface area contributed by atoms with Crippen molar-refractivity contribution in [1.29, 1.82) is 0 Å². The Hall–Kier alpha value is -2.14. The second kappa shape index (κ2) is 26.7. The molecule has 5 aromatic rings. The third-order valence-corrected chi connectivity index (χ3v) is 34.7. The van der Waals surface area contributed by atoms with E-state index < -0.39 is 11.9 Å². The number of pyridine rings is 4. The molecule has 0 fully saturated rings. The molecular weight excluding hydrogens is 1070 g/mol. The lowest BCUT2D eigenvalue weighted by Crippen LogP contribution is -2.21. The molecule has 4 heterocycles.